The molecule has 0 aromatic heterocycles. The summed E-state index contributed by atoms with van der Waals surface area (Å²) >= 11 is 0. The molecule has 1 aromatic rings. The molecule has 0 saturated carbocycles. The van der Waals surface area contributed by atoms with Crippen LogP contribution >= 0.6 is 0 Å². The minimum atomic E-state index is -0.197. The van der Waals surface area contributed by atoms with Gasteiger partial charge in [0.2, 0.25) is 0 Å². The highest BCUT2D eigenvalue weighted by Gasteiger charge is 2.12. The van der Waals surface area contributed by atoms with Crippen molar-refractivity contribution < 1.29 is 4.39 Å². The number of rotatable bonds is 1. The predicted molar refractivity (Wildman–Crippen MR) is 45.4 cm³/mol. The number of hydrogen-bond donors (Lipinski definition) is 1. The summed E-state index contributed by atoms with van der Waals surface area (Å²) in [5, 5.41) is 3.89. The lowest BCUT2D eigenvalue weighted by Crippen LogP contribution is -2.09. The van der Waals surface area contributed by atoms with Crippen LogP contribution in [0.15, 0.2) is 29.4 Å². The van der Waals surface area contributed by atoms with Gasteiger partial charge in [0.15, 0.2) is 0 Å². The highest BCUT2D eigenvalue weighted by Crippen LogP contribution is 2.18. The van der Waals surface area contributed by atoms with Gasteiger partial charge in [-0.15, -0.1) is 0 Å². The summed E-state index contributed by atoms with van der Waals surface area (Å²) < 4.78 is 12.5. The Morgan fingerprint density at radius 3 is 2.67 bits per heavy atom. The summed E-state index contributed by atoms with van der Waals surface area (Å²) in [6, 6.07) is 6.72. The van der Waals surface area contributed by atoms with Crippen molar-refractivity contribution in [1.29, 1.82) is 0 Å². The van der Waals surface area contributed by atoms with Gasteiger partial charge in [-0.2, -0.15) is 5.10 Å². The third-order valence-corrected chi connectivity index (χ3v) is 1.94. The van der Waals surface area contributed by atoms with E-state index in [4.69, 9.17) is 0 Å². The van der Waals surface area contributed by atoms with Gasteiger partial charge in [-0.1, -0.05) is 12.1 Å². The van der Waals surface area contributed by atoms with Gasteiger partial charge >= 0.3 is 0 Å². The minimum absolute atomic E-state index is 0.197. The molecule has 0 bridgehead atoms. The van der Waals surface area contributed by atoms with Gasteiger partial charge < -0.3 is 5.43 Å². The minimum Gasteiger partial charge on any atom is -0.303 e. The van der Waals surface area contributed by atoms with Gasteiger partial charge in [-0.25, -0.2) is 4.39 Å². The van der Waals surface area contributed by atoms with E-state index in [1.165, 1.54) is 12.1 Å². The molecule has 2 nitrogen and oxygen atoms in total. The number of nitrogens with zero attached hydrogens (tertiary/aromatic N) is 1. The van der Waals surface area contributed by atoms with Crippen LogP contribution in [0.25, 0.3) is 0 Å². The van der Waals surface area contributed by atoms with Gasteiger partial charge in [-0.05, 0) is 17.7 Å². The zero-order chi connectivity index (χ0) is 8.39. The van der Waals surface area contributed by atoms with E-state index in [0.29, 0.717) is 0 Å². The highest BCUT2D eigenvalue weighted by atomic mass is 19.1. The summed E-state index contributed by atoms with van der Waals surface area (Å²) in [7, 11) is 0. The molecule has 62 valence electrons. The van der Waals surface area contributed by atoms with Crippen molar-refractivity contribution in [2.24, 2.45) is 5.10 Å². The standard InChI is InChI=1S/C9H9FN2/c10-8-3-1-7(2-4-8)9-5-6-11-12-9/h1-4,6,9,12H,5H2. The van der Waals surface area contributed by atoms with Gasteiger partial charge in [0.05, 0.1) is 6.04 Å². The molecule has 1 atom stereocenters. The van der Waals surface area contributed by atoms with Gasteiger partial charge in [0, 0.05) is 12.6 Å². The van der Waals surface area contributed by atoms with Crippen molar-refractivity contribution in [1.82, 2.24) is 5.43 Å². The molecule has 1 aliphatic heterocycles. The molecule has 0 saturated heterocycles. The van der Waals surface area contributed by atoms with Crippen LogP contribution in [0.2, 0.25) is 0 Å². The first-order valence-corrected chi connectivity index (χ1v) is 3.89. The Hall–Kier alpha value is -1.38. The molecule has 0 fully saturated rings. The van der Waals surface area contributed by atoms with Crippen molar-refractivity contribution in [2.45, 2.75) is 12.5 Å². The zero-order valence-corrected chi connectivity index (χ0v) is 6.50. The molecule has 0 amide bonds. The maximum absolute atomic E-state index is 12.5. The summed E-state index contributed by atoms with van der Waals surface area (Å²) in [4.78, 5) is 0. The first kappa shape index (κ1) is 7.28. The Morgan fingerprint density at radius 2 is 2.08 bits per heavy atom. The van der Waals surface area contributed by atoms with E-state index in [1.807, 2.05) is 6.21 Å². The van der Waals surface area contributed by atoms with Crippen LogP contribution < -0.4 is 5.43 Å². The summed E-state index contributed by atoms with van der Waals surface area (Å²) in [6.07, 6.45) is 2.71. The molecule has 1 heterocycles. The van der Waals surface area contributed by atoms with Crippen molar-refractivity contribution in [2.75, 3.05) is 0 Å². The average Bonchev–Trinajstić information content (AvgIpc) is 2.58. The number of hydrazone groups is 1. The van der Waals surface area contributed by atoms with Gasteiger partial charge in [0.25, 0.3) is 0 Å². The normalized spacial score (nSPS) is 20.9. The molecule has 12 heavy (non-hydrogen) atoms. The maximum Gasteiger partial charge on any atom is 0.123 e. The number of nitrogens with one attached hydrogen (secondary N) is 1. The van der Waals surface area contributed by atoms with E-state index >= 15 is 0 Å². The van der Waals surface area contributed by atoms with Crippen LogP contribution in [0.1, 0.15) is 18.0 Å². The quantitative estimate of drug-likeness (QED) is 0.673. The Balaban J connectivity index is 2.18. The number of hydrogen-bond acceptors (Lipinski definition) is 2. The zero-order valence-electron chi connectivity index (χ0n) is 6.50. The lowest BCUT2D eigenvalue weighted by Gasteiger charge is -2.08. The molecule has 1 N–H and O–H groups in total. The molecule has 0 aliphatic carbocycles. The molecule has 0 spiro atoms. The fraction of sp³-hybridized carbons (Fsp3) is 0.222. The maximum atomic E-state index is 12.5. The second-order valence-corrected chi connectivity index (χ2v) is 2.78. The van der Waals surface area contributed by atoms with Crippen LogP contribution in [-0.2, 0) is 0 Å². The summed E-state index contributed by atoms with van der Waals surface area (Å²) in [6.45, 7) is 0. The second kappa shape index (κ2) is 2.93. The SMILES string of the molecule is Fc1ccc(C2CC=NN2)cc1. The molecular weight excluding hydrogens is 155 g/mol. The molecule has 1 aromatic carbocycles. The van der Waals surface area contributed by atoms with Crippen LogP contribution in [0, 0.1) is 5.82 Å². The third kappa shape index (κ3) is 1.30. The first-order valence-electron chi connectivity index (χ1n) is 3.89. The molecule has 0 radical (unpaired) electrons. The van der Waals surface area contributed by atoms with Crippen LogP contribution in [0.3, 0.4) is 0 Å². The summed E-state index contributed by atoms with van der Waals surface area (Å²) in [5.41, 5.74) is 4.02. The van der Waals surface area contributed by atoms with E-state index in [2.05, 4.69) is 10.5 Å². The Morgan fingerprint density at radius 1 is 1.33 bits per heavy atom. The lowest BCUT2D eigenvalue weighted by atomic mass is 10.1. The van der Waals surface area contributed by atoms with Crippen LogP contribution in [0.5, 0.6) is 0 Å². The predicted octanol–water partition coefficient (Wildman–Crippen LogP) is 1.85. The summed E-state index contributed by atoms with van der Waals surface area (Å²) in [5.74, 6) is -0.197. The lowest BCUT2D eigenvalue weighted by molar-refractivity contribution is 0.607. The van der Waals surface area contributed by atoms with Crippen molar-refractivity contribution in [3.8, 4) is 0 Å². The Labute approximate surface area is 70.1 Å². The Bertz CT molecular complexity index is 284. The molecular formula is C9H9FN2. The first-order chi connectivity index (χ1) is 5.86. The van der Waals surface area contributed by atoms with Crippen molar-refractivity contribution in [3.63, 3.8) is 0 Å². The van der Waals surface area contributed by atoms with Crippen molar-refractivity contribution in [3.05, 3.63) is 35.6 Å². The molecule has 2 rings (SSSR count). The molecule has 3 heteroatoms. The van der Waals surface area contributed by atoms with Crippen molar-refractivity contribution >= 4 is 6.21 Å². The number of halogens is 1. The molecule has 1 aliphatic rings. The smallest absolute Gasteiger partial charge is 0.123 e. The van der Waals surface area contributed by atoms with E-state index < -0.39 is 0 Å². The van der Waals surface area contributed by atoms with Gasteiger partial charge in [-0.3, -0.25) is 0 Å². The molecule has 1 unspecified atom stereocenters. The topological polar surface area (TPSA) is 24.4 Å². The van der Waals surface area contributed by atoms with Gasteiger partial charge in [0.1, 0.15) is 5.82 Å². The van der Waals surface area contributed by atoms with E-state index in [1.54, 1.807) is 12.1 Å². The highest BCUT2D eigenvalue weighted by molar-refractivity contribution is 5.60. The second-order valence-electron chi connectivity index (χ2n) is 2.78. The Kier molecular flexibility index (Phi) is 1.78. The number of benzene rings is 1. The van der Waals surface area contributed by atoms with Crippen LogP contribution in [-0.4, -0.2) is 6.21 Å². The fourth-order valence-electron chi connectivity index (χ4n) is 1.26. The van der Waals surface area contributed by atoms with E-state index in [-0.39, 0.29) is 11.9 Å². The average molecular weight is 164 g/mol. The van der Waals surface area contributed by atoms with Crippen LogP contribution in [0.4, 0.5) is 4.39 Å². The third-order valence-electron chi connectivity index (χ3n) is 1.94. The largest absolute Gasteiger partial charge is 0.303 e. The monoisotopic (exact) mass is 164 g/mol. The fourth-order valence-corrected chi connectivity index (χ4v) is 1.26. The van der Waals surface area contributed by atoms with E-state index in [0.717, 1.165) is 12.0 Å². The van der Waals surface area contributed by atoms with E-state index in [9.17, 15) is 4.39 Å².